The summed E-state index contributed by atoms with van der Waals surface area (Å²) < 4.78 is 7.55. The predicted octanol–water partition coefficient (Wildman–Crippen LogP) is 4.00. The maximum Gasteiger partial charge on any atom is 0.214 e. The first-order valence-electron chi connectivity index (χ1n) is 8.41. The van der Waals surface area contributed by atoms with Crippen molar-refractivity contribution >= 4 is 11.8 Å². The summed E-state index contributed by atoms with van der Waals surface area (Å²) in [7, 11) is 0. The van der Waals surface area contributed by atoms with E-state index >= 15 is 0 Å². The highest BCUT2D eigenvalue weighted by Crippen LogP contribution is 2.21. The molecule has 5 nitrogen and oxygen atoms in total. The monoisotopic (exact) mass is 354 g/mol. The Morgan fingerprint density at radius 2 is 1.76 bits per heavy atom. The minimum atomic E-state index is 0.529. The molecule has 0 bridgehead atoms. The molecule has 0 aliphatic heterocycles. The van der Waals surface area contributed by atoms with E-state index in [1.165, 1.54) is 5.56 Å². The Labute approximate surface area is 152 Å². The molecule has 6 heteroatoms. The Hall–Kier alpha value is -2.18. The van der Waals surface area contributed by atoms with Gasteiger partial charge in [-0.05, 0) is 40.5 Å². The molecule has 3 aromatic rings. The van der Waals surface area contributed by atoms with Crippen molar-refractivity contribution < 1.29 is 4.74 Å². The summed E-state index contributed by atoms with van der Waals surface area (Å²) in [6, 6.07) is 20.2. The number of nitrogens with zero attached hydrogens (tertiary/aromatic N) is 4. The zero-order chi connectivity index (χ0) is 17.3. The fourth-order valence-electron chi connectivity index (χ4n) is 2.35. The van der Waals surface area contributed by atoms with E-state index in [4.69, 9.17) is 4.74 Å². The van der Waals surface area contributed by atoms with Gasteiger partial charge in [0.15, 0.2) is 0 Å². The summed E-state index contributed by atoms with van der Waals surface area (Å²) in [6.07, 6.45) is 1.02. The highest BCUT2D eigenvalue weighted by atomic mass is 32.2. The van der Waals surface area contributed by atoms with Crippen LogP contribution in [0.5, 0.6) is 0 Å². The molecule has 1 heterocycles. The van der Waals surface area contributed by atoms with Gasteiger partial charge >= 0.3 is 0 Å². The second-order valence-corrected chi connectivity index (χ2v) is 6.94. The van der Waals surface area contributed by atoms with E-state index < -0.39 is 0 Å². The normalized spacial score (nSPS) is 12.2. The molecule has 0 saturated heterocycles. The highest BCUT2D eigenvalue weighted by molar-refractivity contribution is 7.99. The largest absolute Gasteiger partial charge is 0.377 e. The van der Waals surface area contributed by atoms with Gasteiger partial charge < -0.3 is 4.74 Å². The first-order valence-corrected chi connectivity index (χ1v) is 9.40. The van der Waals surface area contributed by atoms with Crippen molar-refractivity contribution in [3.8, 4) is 5.69 Å². The lowest BCUT2D eigenvalue weighted by Crippen LogP contribution is -2.06. The molecule has 3 rings (SSSR count). The van der Waals surface area contributed by atoms with Crippen molar-refractivity contribution in [3.05, 3.63) is 66.2 Å². The van der Waals surface area contributed by atoms with Gasteiger partial charge in [0.1, 0.15) is 0 Å². The lowest BCUT2D eigenvalue weighted by atomic mass is 10.1. The van der Waals surface area contributed by atoms with E-state index in [0.29, 0.717) is 12.5 Å². The maximum atomic E-state index is 5.77. The van der Waals surface area contributed by atoms with Crippen LogP contribution in [0.15, 0.2) is 65.8 Å². The fourth-order valence-corrected chi connectivity index (χ4v) is 3.31. The summed E-state index contributed by atoms with van der Waals surface area (Å²) in [6.45, 7) is 3.67. The topological polar surface area (TPSA) is 52.8 Å². The van der Waals surface area contributed by atoms with E-state index in [0.717, 1.165) is 29.6 Å². The molecule has 0 saturated carbocycles. The number of rotatable bonds is 9. The van der Waals surface area contributed by atoms with Gasteiger partial charge in [-0.3, -0.25) is 0 Å². The number of hydrogen-bond acceptors (Lipinski definition) is 5. The maximum absolute atomic E-state index is 5.77. The fraction of sp³-hybridized carbons (Fsp3) is 0.316. The second-order valence-electron chi connectivity index (χ2n) is 5.95. The van der Waals surface area contributed by atoms with E-state index in [2.05, 4.69) is 34.6 Å². The average molecular weight is 354 g/mol. The van der Waals surface area contributed by atoms with Gasteiger partial charge in [-0.2, -0.15) is 4.68 Å². The molecular weight excluding hydrogens is 332 g/mol. The summed E-state index contributed by atoms with van der Waals surface area (Å²) in [4.78, 5) is 0. The molecule has 0 spiro atoms. The molecule has 0 fully saturated rings. The molecule has 2 aromatic carbocycles. The Morgan fingerprint density at radius 1 is 1.04 bits per heavy atom. The molecule has 0 aliphatic rings. The number of aromatic nitrogens is 4. The number of hydrogen-bond donors (Lipinski definition) is 0. The van der Waals surface area contributed by atoms with Gasteiger partial charge in [-0.1, -0.05) is 67.2 Å². The van der Waals surface area contributed by atoms with Gasteiger partial charge in [0.25, 0.3) is 0 Å². The standard InChI is InChI=1S/C19H22N4OS/c1-16(12-13-24-14-17-8-4-2-5-9-17)15-25-19-20-21-22-23(19)18-10-6-3-7-11-18/h2-11,16H,12-15H2,1H3/t16-/m1/s1. The molecule has 0 N–H and O–H groups in total. The molecule has 130 valence electrons. The first kappa shape index (κ1) is 17.6. The number of ether oxygens (including phenoxy) is 1. The lowest BCUT2D eigenvalue weighted by Gasteiger charge is -2.11. The third-order valence-corrected chi connectivity index (χ3v) is 5.05. The third kappa shape index (κ3) is 5.41. The number of benzene rings is 2. The highest BCUT2D eigenvalue weighted by Gasteiger charge is 2.11. The van der Waals surface area contributed by atoms with Crippen LogP contribution in [0.3, 0.4) is 0 Å². The molecular formula is C19H22N4OS. The number of para-hydroxylation sites is 1. The van der Waals surface area contributed by atoms with Crippen molar-refractivity contribution in [1.29, 1.82) is 0 Å². The third-order valence-electron chi connectivity index (χ3n) is 3.81. The van der Waals surface area contributed by atoms with Crippen LogP contribution in [-0.4, -0.2) is 32.6 Å². The van der Waals surface area contributed by atoms with E-state index in [-0.39, 0.29) is 0 Å². The molecule has 0 radical (unpaired) electrons. The van der Waals surface area contributed by atoms with Gasteiger partial charge in [-0.15, -0.1) is 5.10 Å². The van der Waals surface area contributed by atoms with Crippen molar-refractivity contribution in [1.82, 2.24) is 20.2 Å². The van der Waals surface area contributed by atoms with Crippen molar-refractivity contribution in [3.63, 3.8) is 0 Å². The Morgan fingerprint density at radius 3 is 2.52 bits per heavy atom. The van der Waals surface area contributed by atoms with Gasteiger partial charge in [-0.25, -0.2) is 0 Å². The zero-order valence-electron chi connectivity index (χ0n) is 14.3. The van der Waals surface area contributed by atoms with Crippen LogP contribution in [0.25, 0.3) is 5.69 Å². The minimum Gasteiger partial charge on any atom is -0.377 e. The van der Waals surface area contributed by atoms with Crippen LogP contribution in [-0.2, 0) is 11.3 Å². The summed E-state index contributed by atoms with van der Waals surface area (Å²) in [5.74, 6) is 1.49. The van der Waals surface area contributed by atoms with Gasteiger partial charge in [0.2, 0.25) is 5.16 Å². The van der Waals surface area contributed by atoms with Crippen LogP contribution < -0.4 is 0 Å². The van der Waals surface area contributed by atoms with Crippen molar-refractivity contribution in [2.75, 3.05) is 12.4 Å². The molecule has 0 aliphatic carbocycles. The second kappa shape index (κ2) is 9.34. The van der Waals surface area contributed by atoms with Crippen LogP contribution in [0.1, 0.15) is 18.9 Å². The number of tetrazole rings is 1. The van der Waals surface area contributed by atoms with Crippen LogP contribution in [0, 0.1) is 5.92 Å². The number of thioether (sulfide) groups is 1. The molecule has 25 heavy (non-hydrogen) atoms. The minimum absolute atomic E-state index is 0.529. The van der Waals surface area contributed by atoms with E-state index in [9.17, 15) is 0 Å². The van der Waals surface area contributed by atoms with Crippen LogP contribution >= 0.6 is 11.8 Å². The molecule has 0 amide bonds. The lowest BCUT2D eigenvalue weighted by molar-refractivity contribution is 0.111. The zero-order valence-corrected chi connectivity index (χ0v) is 15.1. The van der Waals surface area contributed by atoms with E-state index in [1.54, 1.807) is 16.4 Å². The quantitative estimate of drug-likeness (QED) is 0.429. The van der Waals surface area contributed by atoms with Gasteiger partial charge in [0, 0.05) is 12.4 Å². The van der Waals surface area contributed by atoms with Crippen molar-refractivity contribution in [2.24, 2.45) is 5.92 Å². The SMILES string of the molecule is C[C@H](CCOCc1ccccc1)CSc1nnnn1-c1ccccc1. The van der Waals surface area contributed by atoms with Gasteiger partial charge in [0.05, 0.1) is 12.3 Å². The summed E-state index contributed by atoms with van der Waals surface area (Å²) in [5.41, 5.74) is 2.19. The molecule has 0 unspecified atom stereocenters. The Balaban J connectivity index is 1.41. The predicted molar refractivity (Wildman–Crippen MR) is 99.8 cm³/mol. The Kier molecular flexibility index (Phi) is 6.59. The van der Waals surface area contributed by atoms with Crippen LogP contribution in [0.4, 0.5) is 0 Å². The van der Waals surface area contributed by atoms with E-state index in [1.807, 2.05) is 48.5 Å². The van der Waals surface area contributed by atoms with Crippen LogP contribution in [0.2, 0.25) is 0 Å². The molecule has 1 atom stereocenters. The van der Waals surface area contributed by atoms with Crippen molar-refractivity contribution in [2.45, 2.75) is 25.1 Å². The Bertz CT molecular complexity index is 748. The first-order chi connectivity index (χ1) is 12.3. The average Bonchev–Trinajstić information content (AvgIpc) is 3.14. The smallest absolute Gasteiger partial charge is 0.214 e. The summed E-state index contributed by atoms with van der Waals surface area (Å²) >= 11 is 1.68. The molecule has 1 aromatic heterocycles. The summed E-state index contributed by atoms with van der Waals surface area (Å²) in [5, 5.41) is 12.8.